The van der Waals surface area contributed by atoms with Crippen molar-refractivity contribution >= 4 is 5.95 Å². The second-order valence-corrected chi connectivity index (χ2v) is 2.59. The van der Waals surface area contributed by atoms with Crippen molar-refractivity contribution in [3.05, 3.63) is 11.4 Å². The minimum Gasteiger partial charge on any atom is -0.342 e. The molecule has 13 heavy (non-hydrogen) atoms. The van der Waals surface area contributed by atoms with Crippen molar-refractivity contribution in [2.24, 2.45) is 0 Å². The van der Waals surface area contributed by atoms with Crippen LogP contribution in [0, 0.1) is 25.7 Å². The Morgan fingerprint density at radius 2 is 2.00 bits per heavy atom. The third-order valence-electron chi connectivity index (χ3n) is 1.60. The molecule has 0 atom stereocenters. The zero-order chi connectivity index (χ0) is 9.68. The second-order valence-electron chi connectivity index (χ2n) is 2.59. The van der Waals surface area contributed by atoms with E-state index in [1.54, 1.807) is 6.92 Å². The van der Waals surface area contributed by atoms with Crippen molar-refractivity contribution in [1.82, 2.24) is 15.2 Å². The van der Waals surface area contributed by atoms with E-state index in [2.05, 4.69) is 32.3 Å². The lowest BCUT2D eigenvalue weighted by atomic mass is 10.4. The summed E-state index contributed by atoms with van der Waals surface area (Å²) in [7, 11) is 0. The Kier molecular flexibility index (Phi) is 3.21. The minimum atomic E-state index is 0.533. The molecule has 1 heterocycles. The number of nitrogens with zero attached hydrogens (tertiary/aromatic N) is 3. The number of nitrogens with one attached hydrogen (secondary N) is 1. The van der Waals surface area contributed by atoms with Crippen molar-refractivity contribution in [1.29, 1.82) is 0 Å². The van der Waals surface area contributed by atoms with E-state index >= 15 is 0 Å². The van der Waals surface area contributed by atoms with Crippen LogP contribution in [0.2, 0.25) is 0 Å². The van der Waals surface area contributed by atoms with Gasteiger partial charge in [0, 0.05) is 0 Å². The van der Waals surface area contributed by atoms with Gasteiger partial charge in [-0.2, -0.15) is 5.10 Å². The summed E-state index contributed by atoms with van der Waals surface area (Å²) in [6.07, 6.45) is 0. The molecule has 1 aromatic rings. The lowest BCUT2D eigenvalue weighted by molar-refractivity contribution is 0.896. The van der Waals surface area contributed by atoms with Gasteiger partial charge in [-0.05, 0) is 20.8 Å². The number of rotatable bonds is 2. The molecule has 0 radical (unpaired) electrons. The van der Waals surface area contributed by atoms with Crippen LogP contribution in [0.1, 0.15) is 18.3 Å². The number of anilines is 1. The summed E-state index contributed by atoms with van der Waals surface area (Å²) in [4.78, 5) is 4.19. The monoisotopic (exact) mass is 176 g/mol. The third kappa shape index (κ3) is 2.71. The molecule has 1 aromatic heterocycles. The van der Waals surface area contributed by atoms with Gasteiger partial charge >= 0.3 is 0 Å². The molecule has 0 saturated carbocycles. The Bertz CT molecular complexity index is 348. The second kappa shape index (κ2) is 4.41. The molecule has 0 aliphatic heterocycles. The maximum Gasteiger partial charge on any atom is 0.243 e. The molecule has 0 aliphatic carbocycles. The molecule has 0 bridgehead atoms. The average Bonchev–Trinajstić information content (AvgIpc) is 2.12. The van der Waals surface area contributed by atoms with Gasteiger partial charge in [0.1, 0.15) is 0 Å². The fraction of sp³-hybridized carbons (Fsp3) is 0.444. The maximum absolute atomic E-state index is 4.19. The summed E-state index contributed by atoms with van der Waals surface area (Å²) in [6.45, 7) is 6.13. The molecule has 0 fully saturated rings. The summed E-state index contributed by atoms with van der Waals surface area (Å²) in [5.41, 5.74) is 1.74. The van der Waals surface area contributed by atoms with Crippen LogP contribution >= 0.6 is 0 Å². The lowest BCUT2D eigenvalue weighted by Crippen LogP contribution is -2.06. The molecule has 0 aromatic carbocycles. The molecule has 0 amide bonds. The van der Waals surface area contributed by atoms with Crippen LogP contribution in [-0.2, 0) is 0 Å². The molecular weight excluding hydrogens is 164 g/mol. The van der Waals surface area contributed by atoms with Gasteiger partial charge in [0.25, 0.3) is 0 Å². The Hall–Kier alpha value is -1.63. The van der Waals surface area contributed by atoms with Crippen LogP contribution in [0.15, 0.2) is 0 Å². The van der Waals surface area contributed by atoms with E-state index in [1.807, 2.05) is 13.8 Å². The average molecular weight is 176 g/mol. The quantitative estimate of drug-likeness (QED) is 0.681. The first kappa shape index (κ1) is 9.46. The molecule has 0 unspecified atom stereocenters. The maximum atomic E-state index is 4.19. The minimum absolute atomic E-state index is 0.533. The molecule has 4 heteroatoms. The normalized spacial score (nSPS) is 8.85. The van der Waals surface area contributed by atoms with Gasteiger partial charge in [-0.1, -0.05) is 5.92 Å². The lowest BCUT2D eigenvalue weighted by Gasteiger charge is -2.01. The van der Waals surface area contributed by atoms with Crippen LogP contribution in [0.5, 0.6) is 0 Å². The summed E-state index contributed by atoms with van der Waals surface area (Å²) in [6, 6.07) is 0. The molecular formula is C9H12N4. The van der Waals surface area contributed by atoms with Crippen LogP contribution in [0.4, 0.5) is 5.95 Å². The van der Waals surface area contributed by atoms with Gasteiger partial charge in [-0.15, -0.1) is 11.0 Å². The van der Waals surface area contributed by atoms with Crippen LogP contribution in [0.3, 0.4) is 0 Å². The van der Waals surface area contributed by atoms with E-state index in [-0.39, 0.29) is 0 Å². The topological polar surface area (TPSA) is 50.7 Å². The van der Waals surface area contributed by atoms with E-state index in [9.17, 15) is 0 Å². The standard InChI is InChI=1S/C9H12N4/c1-4-5-6-10-9-11-7(2)8(3)12-13-9/h6H2,1-3H3,(H,10,11,13). The summed E-state index contributed by atoms with van der Waals surface area (Å²) in [5.74, 6) is 6.17. The predicted molar refractivity (Wildman–Crippen MR) is 51.2 cm³/mol. The SMILES string of the molecule is CC#CCNc1nnc(C)c(C)n1. The van der Waals surface area contributed by atoms with Crippen LogP contribution < -0.4 is 5.32 Å². The molecule has 4 nitrogen and oxygen atoms in total. The van der Waals surface area contributed by atoms with E-state index in [0.717, 1.165) is 11.4 Å². The fourth-order valence-electron chi connectivity index (χ4n) is 0.743. The highest BCUT2D eigenvalue weighted by Crippen LogP contribution is 2.00. The number of aromatic nitrogens is 3. The summed E-state index contributed by atoms with van der Waals surface area (Å²) in [5, 5.41) is 10.8. The first-order valence-electron chi connectivity index (χ1n) is 4.05. The van der Waals surface area contributed by atoms with Gasteiger partial charge in [0.2, 0.25) is 5.95 Å². The van der Waals surface area contributed by atoms with Gasteiger partial charge in [0.05, 0.1) is 17.9 Å². The first-order chi connectivity index (χ1) is 6.24. The fourth-order valence-corrected chi connectivity index (χ4v) is 0.743. The highest BCUT2D eigenvalue weighted by atomic mass is 15.2. The van der Waals surface area contributed by atoms with Crippen molar-refractivity contribution in [2.45, 2.75) is 20.8 Å². The predicted octanol–water partition coefficient (Wildman–Crippen LogP) is 0.924. The zero-order valence-electron chi connectivity index (χ0n) is 8.05. The van der Waals surface area contributed by atoms with E-state index < -0.39 is 0 Å². The number of hydrogen-bond acceptors (Lipinski definition) is 4. The van der Waals surface area contributed by atoms with Crippen molar-refractivity contribution in [2.75, 3.05) is 11.9 Å². The summed E-state index contributed by atoms with van der Waals surface area (Å²) >= 11 is 0. The Labute approximate surface area is 77.8 Å². The number of hydrogen-bond donors (Lipinski definition) is 1. The van der Waals surface area contributed by atoms with Crippen LogP contribution in [-0.4, -0.2) is 21.7 Å². The Balaban J connectivity index is 2.66. The molecule has 1 N–H and O–H groups in total. The smallest absolute Gasteiger partial charge is 0.243 e. The third-order valence-corrected chi connectivity index (χ3v) is 1.60. The number of aryl methyl sites for hydroxylation is 2. The molecule has 1 rings (SSSR count). The first-order valence-corrected chi connectivity index (χ1v) is 4.05. The zero-order valence-corrected chi connectivity index (χ0v) is 8.05. The molecule has 0 spiro atoms. The van der Waals surface area contributed by atoms with Crippen molar-refractivity contribution in [3.8, 4) is 11.8 Å². The Morgan fingerprint density at radius 3 is 2.62 bits per heavy atom. The van der Waals surface area contributed by atoms with Gasteiger partial charge in [-0.25, -0.2) is 4.98 Å². The van der Waals surface area contributed by atoms with Crippen molar-refractivity contribution < 1.29 is 0 Å². The highest BCUT2D eigenvalue weighted by molar-refractivity contribution is 5.27. The summed E-state index contributed by atoms with van der Waals surface area (Å²) < 4.78 is 0. The molecule has 0 saturated heterocycles. The van der Waals surface area contributed by atoms with Crippen LogP contribution in [0.25, 0.3) is 0 Å². The van der Waals surface area contributed by atoms with Crippen molar-refractivity contribution in [3.63, 3.8) is 0 Å². The molecule has 0 aliphatic rings. The van der Waals surface area contributed by atoms with Gasteiger partial charge in [-0.3, -0.25) is 0 Å². The van der Waals surface area contributed by atoms with Gasteiger partial charge < -0.3 is 5.32 Å². The van der Waals surface area contributed by atoms with E-state index in [4.69, 9.17) is 0 Å². The highest BCUT2D eigenvalue weighted by Gasteiger charge is 1.98. The largest absolute Gasteiger partial charge is 0.342 e. The Morgan fingerprint density at radius 1 is 1.23 bits per heavy atom. The van der Waals surface area contributed by atoms with E-state index in [0.29, 0.717) is 12.5 Å². The molecule has 68 valence electrons. The van der Waals surface area contributed by atoms with Gasteiger partial charge in [0.15, 0.2) is 0 Å². The van der Waals surface area contributed by atoms with E-state index in [1.165, 1.54) is 0 Å².